The summed E-state index contributed by atoms with van der Waals surface area (Å²) in [6.45, 7) is 7.32. The molecule has 1 aromatic rings. The monoisotopic (exact) mass is 245 g/mol. The van der Waals surface area contributed by atoms with Crippen molar-refractivity contribution in [2.75, 3.05) is 0 Å². The second-order valence-corrected chi connectivity index (χ2v) is 4.91. The van der Waals surface area contributed by atoms with Gasteiger partial charge in [-0.3, -0.25) is 0 Å². The molecule has 84 valence electrons. The number of benzene rings is 1. The fourth-order valence-electron chi connectivity index (χ4n) is 1.19. The third-order valence-corrected chi connectivity index (χ3v) is 3.50. The number of hydrogen-bond donors (Lipinski definition) is 1. The summed E-state index contributed by atoms with van der Waals surface area (Å²) >= 11 is 12.0. The van der Waals surface area contributed by atoms with Crippen LogP contribution in [0, 0.1) is 5.92 Å². The van der Waals surface area contributed by atoms with Gasteiger partial charge in [-0.05, 0) is 24.5 Å². The lowest BCUT2D eigenvalue weighted by atomic mass is 10.1. The number of nitrogens with one attached hydrogen (secondary N) is 1. The molecule has 0 spiro atoms. The molecule has 0 fully saturated rings. The van der Waals surface area contributed by atoms with E-state index in [0.29, 0.717) is 22.0 Å². The largest absolute Gasteiger partial charge is 0.310 e. The van der Waals surface area contributed by atoms with Gasteiger partial charge in [-0.15, -0.1) is 0 Å². The van der Waals surface area contributed by atoms with Crippen molar-refractivity contribution in [2.45, 2.75) is 33.4 Å². The minimum absolute atomic E-state index is 0.472. The summed E-state index contributed by atoms with van der Waals surface area (Å²) in [6.07, 6.45) is 0. The Labute approximate surface area is 102 Å². The van der Waals surface area contributed by atoms with Gasteiger partial charge in [0.05, 0.1) is 10.0 Å². The van der Waals surface area contributed by atoms with Crippen molar-refractivity contribution in [1.82, 2.24) is 5.32 Å². The van der Waals surface area contributed by atoms with Crippen LogP contribution in [0.15, 0.2) is 18.2 Å². The Morgan fingerprint density at radius 2 is 1.87 bits per heavy atom. The van der Waals surface area contributed by atoms with Gasteiger partial charge in [0.25, 0.3) is 0 Å². The molecule has 1 nitrogen and oxygen atoms in total. The Bertz CT molecular complexity index is 323. The van der Waals surface area contributed by atoms with E-state index < -0.39 is 0 Å². The SMILES string of the molecule is CC(C)[C@H](C)NCc1cccc(Cl)c1Cl. The van der Waals surface area contributed by atoms with Crippen molar-refractivity contribution >= 4 is 23.2 Å². The minimum atomic E-state index is 0.472. The van der Waals surface area contributed by atoms with Gasteiger partial charge in [0.1, 0.15) is 0 Å². The summed E-state index contributed by atoms with van der Waals surface area (Å²) in [4.78, 5) is 0. The molecule has 1 atom stereocenters. The van der Waals surface area contributed by atoms with Crippen molar-refractivity contribution in [3.05, 3.63) is 33.8 Å². The van der Waals surface area contributed by atoms with Gasteiger partial charge in [0.15, 0.2) is 0 Å². The summed E-state index contributed by atoms with van der Waals surface area (Å²) in [5.74, 6) is 0.614. The average molecular weight is 246 g/mol. The summed E-state index contributed by atoms with van der Waals surface area (Å²) in [7, 11) is 0. The fraction of sp³-hybridized carbons (Fsp3) is 0.500. The highest BCUT2D eigenvalue weighted by molar-refractivity contribution is 6.42. The summed E-state index contributed by atoms with van der Waals surface area (Å²) in [5, 5.41) is 4.70. The van der Waals surface area contributed by atoms with Gasteiger partial charge in [0.2, 0.25) is 0 Å². The molecule has 1 aromatic carbocycles. The lowest BCUT2D eigenvalue weighted by molar-refractivity contribution is 0.426. The van der Waals surface area contributed by atoms with E-state index in [0.717, 1.165) is 12.1 Å². The predicted octanol–water partition coefficient (Wildman–Crippen LogP) is 4.13. The first-order valence-corrected chi connectivity index (χ1v) is 5.94. The van der Waals surface area contributed by atoms with E-state index in [4.69, 9.17) is 23.2 Å². The van der Waals surface area contributed by atoms with Crippen molar-refractivity contribution < 1.29 is 0 Å². The van der Waals surface area contributed by atoms with Crippen LogP contribution in [0.4, 0.5) is 0 Å². The van der Waals surface area contributed by atoms with Crippen molar-refractivity contribution in [2.24, 2.45) is 5.92 Å². The average Bonchev–Trinajstić information content (AvgIpc) is 2.19. The van der Waals surface area contributed by atoms with Crippen LogP contribution in [0.5, 0.6) is 0 Å². The van der Waals surface area contributed by atoms with Gasteiger partial charge in [-0.1, -0.05) is 49.2 Å². The Hall–Kier alpha value is -0.240. The molecular weight excluding hydrogens is 229 g/mol. The van der Waals surface area contributed by atoms with E-state index in [1.165, 1.54) is 0 Å². The first-order valence-electron chi connectivity index (χ1n) is 5.18. The van der Waals surface area contributed by atoms with Crippen molar-refractivity contribution in [3.63, 3.8) is 0 Å². The van der Waals surface area contributed by atoms with Crippen LogP contribution < -0.4 is 5.32 Å². The molecule has 0 aliphatic rings. The molecule has 1 rings (SSSR count). The van der Waals surface area contributed by atoms with Gasteiger partial charge in [-0.2, -0.15) is 0 Å². The maximum atomic E-state index is 6.08. The number of hydrogen-bond acceptors (Lipinski definition) is 1. The van der Waals surface area contributed by atoms with E-state index in [1.807, 2.05) is 12.1 Å². The number of rotatable bonds is 4. The highest BCUT2D eigenvalue weighted by Gasteiger charge is 2.08. The topological polar surface area (TPSA) is 12.0 Å². The lowest BCUT2D eigenvalue weighted by Crippen LogP contribution is -2.30. The number of halogens is 2. The van der Waals surface area contributed by atoms with Crippen LogP contribution in [-0.4, -0.2) is 6.04 Å². The maximum Gasteiger partial charge on any atom is 0.0637 e. The highest BCUT2D eigenvalue weighted by atomic mass is 35.5. The molecule has 0 saturated heterocycles. The minimum Gasteiger partial charge on any atom is -0.310 e. The van der Waals surface area contributed by atoms with E-state index in [1.54, 1.807) is 6.07 Å². The Kier molecular flexibility index (Phi) is 4.91. The molecule has 3 heteroatoms. The molecule has 1 N–H and O–H groups in total. The van der Waals surface area contributed by atoms with Crippen molar-refractivity contribution in [1.29, 1.82) is 0 Å². The molecule has 15 heavy (non-hydrogen) atoms. The second kappa shape index (κ2) is 5.74. The van der Waals surface area contributed by atoms with E-state index in [-0.39, 0.29) is 0 Å². The molecule has 0 amide bonds. The smallest absolute Gasteiger partial charge is 0.0637 e. The fourth-order valence-corrected chi connectivity index (χ4v) is 1.58. The van der Waals surface area contributed by atoms with Gasteiger partial charge in [-0.25, -0.2) is 0 Å². The predicted molar refractivity (Wildman–Crippen MR) is 67.6 cm³/mol. The molecule has 0 radical (unpaired) electrons. The Morgan fingerprint density at radius 3 is 2.47 bits per heavy atom. The van der Waals surface area contributed by atoms with Crippen LogP contribution in [0.25, 0.3) is 0 Å². The molecule has 0 saturated carbocycles. The lowest BCUT2D eigenvalue weighted by Gasteiger charge is -2.18. The molecule has 0 aliphatic carbocycles. The molecule has 0 aromatic heterocycles. The molecule has 0 bridgehead atoms. The van der Waals surface area contributed by atoms with E-state index in [9.17, 15) is 0 Å². The Morgan fingerprint density at radius 1 is 1.20 bits per heavy atom. The highest BCUT2D eigenvalue weighted by Crippen LogP contribution is 2.25. The van der Waals surface area contributed by atoms with Gasteiger partial charge in [0, 0.05) is 12.6 Å². The zero-order valence-electron chi connectivity index (χ0n) is 9.35. The zero-order chi connectivity index (χ0) is 11.4. The molecule has 0 heterocycles. The standard InChI is InChI=1S/C12H17Cl2N/c1-8(2)9(3)15-7-10-5-4-6-11(13)12(10)14/h4-6,8-9,15H,7H2,1-3H3/t9-/m0/s1. The molecule has 0 aliphatic heterocycles. The third kappa shape index (κ3) is 3.67. The normalized spacial score (nSPS) is 13.2. The third-order valence-electron chi connectivity index (χ3n) is 2.65. The first-order chi connectivity index (χ1) is 7.02. The van der Waals surface area contributed by atoms with E-state index in [2.05, 4.69) is 26.1 Å². The Balaban J connectivity index is 2.62. The van der Waals surface area contributed by atoms with E-state index >= 15 is 0 Å². The van der Waals surface area contributed by atoms with Crippen LogP contribution >= 0.6 is 23.2 Å². The van der Waals surface area contributed by atoms with Gasteiger partial charge < -0.3 is 5.32 Å². The van der Waals surface area contributed by atoms with Crippen LogP contribution in [0.1, 0.15) is 26.3 Å². The summed E-state index contributed by atoms with van der Waals surface area (Å²) in [5.41, 5.74) is 1.05. The molecule has 0 unspecified atom stereocenters. The zero-order valence-corrected chi connectivity index (χ0v) is 10.9. The quantitative estimate of drug-likeness (QED) is 0.842. The first kappa shape index (κ1) is 12.8. The van der Waals surface area contributed by atoms with Crippen LogP contribution in [0.2, 0.25) is 10.0 Å². The van der Waals surface area contributed by atoms with Gasteiger partial charge >= 0.3 is 0 Å². The maximum absolute atomic E-state index is 6.08. The summed E-state index contributed by atoms with van der Waals surface area (Å²) in [6, 6.07) is 6.19. The second-order valence-electron chi connectivity index (χ2n) is 4.13. The van der Waals surface area contributed by atoms with Crippen LogP contribution in [0.3, 0.4) is 0 Å². The van der Waals surface area contributed by atoms with Crippen LogP contribution in [-0.2, 0) is 6.54 Å². The molecular formula is C12H17Cl2N. The summed E-state index contributed by atoms with van der Waals surface area (Å²) < 4.78 is 0. The van der Waals surface area contributed by atoms with Crippen molar-refractivity contribution in [3.8, 4) is 0 Å².